The van der Waals surface area contributed by atoms with E-state index in [1.165, 1.54) is 0 Å². The quantitative estimate of drug-likeness (QED) is 0.735. The highest BCUT2D eigenvalue weighted by molar-refractivity contribution is 6.03. The Morgan fingerprint density at radius 2 is 1.77 bits per heavy atom. The number of esters is 1. The lowest BCUT2D eigenvalue weighted by Gasteiger charge is -2.34. The van der Waals surface area contributed by atoms with E-state index < -0.39 is 0 Å². The molecular formula is C26H27NO3. The molecule has 2 aromatic carbocycles. The summed E-state index contributed by atoms with van der Waals surface area (Å²) in [5, 5.41) is 3.34. The Kier molecular flexibility index (Phi) is 5.84. The van der Waals surface area contributed by atoms with Gasteiger partial charge in [-0.15, -0.1) is 0 Å². The van der Waals surface area contributed by atoms with Crippen LogP contribution < -0.4 is 5.32 Å². The molecule has 0 fully saturated rings. The van der Waals surface area contributed by atoms with Gasteiger partial charge >= 0.3 is 5.97 Å². The summed E-state index contributed by atoms with van der Waals surface area (Å²) in [5.74, 6) is -0.604. The van der Waals surface area contributed by atoms with Crippen LogP contribution in [0, 0.1) is 6.92 Å². The average molecular weight is 402 g/mol. The molecule has 0 radical (unpaired) electrons. The first-order chi connectivity index (χ1) is 14.6. The van der Waals surface area contributed by atoms with E-state index in [1.54, 1.807) is 0 Å². The maximum atomic E-state index is 13.2. The monoisotopic (exact) mass is 401 g/mol. The summed E-state index contributed by atoms with van der Waals surface area (Å²) in [6.07, 6.45) is 2.86. The van der Waals surface area contributed by atoms with Gasteiger partial charge in [0.05, 0.1) is 12.2 Å². The van der Waals surface area contributed by atoms with Crippen LogP contribution >= 0.6 is 0 Å². The van der Waals surface area contributed by atoms with Crippen molar-refractivity contribution in [2.75, 3.05) is 6.61 Å². The molecule has 0 saturated carbocycles. The maximum absolute atomic E-state index is 13.2. The molecule has 1 aliphatic carbocycles. The summed E-state index contributed by atoms with van der Waals surface area (Å²) < 4.78 is 5.69. The smallest absolute Gasteiger partial charge is 0.336 e. The number of nitrogens with one attached hydrogen (secondary N) is 1. The zero-order valence-electron chi connectivity index (χ0n) is 17.5. The van der Waals surface area contributed by atoms with E-state index in [2.05, 4.69) is 5.32 Å². The number of rotatable bonds is 5. The van der Waals surface area contributed by atoms with E-state index in [4.69, 9.17) is 4.74 Å². The zero-order valence-corrected chi connectivity index (χ0v) is 17.5. The van der Waals surface area contributed by atoms with Gasteiger partial charge in [0.25, 0.3) is 0 Å². The fraction of sp³-hybridized carbons (Fsp3) is 0.308. The van der Waals surface area contributed by atoms with Crippen molar-refractivity contribution < 1.29 is 14.3 Å². The minimum absolute atomic E-state index is 0.124. The molecule has 30 heavy (non-hydrogen) atoms. The SMILES string of the molecule is CC1=C(C(=O)OCCc2ccccc2)[C@H](c2ccccc2C)C2=C(CCCC2=O)N1. The third kappa shape index (κ3) is 3.95. The van der Waals surface area contributed by atoms with E-state index >= 15 is 0 Å². The Bertz CT molecular complexity index is 1030. The highest BCUT2D eigenvalue weighted by atomic mass is 16.5. The first-order valence-corrected chi connectivity index (χ1v) is 10.6. The summed E-state index contributed by atoms with van der Waals surface area (Å²) in [6, 6.07) is 18.0. The first-order valence-electron chi connectivity index (χ1n) is 10.6. The lowest BCUT2D eigenvalue weighted by atomic mass is 9.74. The van der Waals surface area contributed by atoms with Gasteiger partial charge in [-0.05, 0) is 43.4 Å². The molecule has 1 aliphatic heterocycles. The number of carbonyl (C=O) groups excluding carboxylic acids is 2. The van der Waals surface area contributed by atoms with E-state index in [9.17, 15) is 9.59 Å². The number of Topliss-reactive ketones (excluding diaryl/α,β-unsaturated/α-hetero) is 1. The molecule has 0 spiro atoms. The number of aryl methyl sites for hydroxylation is 1. The van der Waals surface area contributed by atoms with Crippen LogP contribution in [-0.2, 0) is 20.7 Å². The molecule has 1 N–H and O–H groups in total. The van der Waals surface area contributed by atoms with Crippen molar-refractivity contribution in [3.05, 3.63) is 93.8 Å². The number of ether oxygens (including phenoxy) is 1. The Morgan fingerprint density at radius 3 is 2.53 bits per heavy atom. The van der Waals surface area contributed by atoms with Crippen molar-refractivity contribution in [2.45, 2.75) is 45.4 Å². The standard InChI is InChI=1S/C26H27NO3/c1-17-9-6-7-12-20(17)24-23(18(2)27-21-13-8-14-22(28)25(21)24)26(29)30-16-15-19-10-4-3-5-11-19/h3-7,9-12,24,27H,8,13-16H2,1-2H3/t24-/m0/s1. The number of hydrogen-bond donors (Lipinski definition) is 1. The second-order valence-corrected chi connectivity index (χ2v) is 7.99. The maximum Gasteiger partial charge on any atom is 0.336 e. The fourth-order valence-electron chi connectivity index (χ4n) is 4.46. The molecule has 0 saturated heterocycles. The van der Waals surface area contributed by atoms with Gasteiger partial charge in [-0.1, -0.05) is 54.6 Å². The normalized spacial score (nSPS) is 18.7. The number of ketones is 1. The van der Waals surface area contributed by atoms with Gasteiger partial charge in [-0.3, -0.25) is 4.79 Å². The van der Waals surface area contributed by atoms with Gasteiger partial charge in [0.2, 0.25) is 0 Å². The van der Waals surface area contributed by atoms with Crippen LogP contribution in [0.25, 0.3) is 0 Å². The molecule has 4 nitrogen and oxygen atoms in total. The lowest BCUT2D eigenvalue weighted by Crippen LogP contribution is -2.34. The minimum atomic E-state index is -0.375. The van der Waals surface area contributed by atoms with Crippen LogP contribution in [0.5, 0.6) is 0 Å². The summed E-state index contributed by atoms with van der Waals surface area (Å²) in [5.41, 5.74) is 6.20. The van der Waals surface area contributed by atoms with Crippen LogP contribution in [0.2, 0.25) is 0 Å². The van der Waals surface area contributed by atoms with Crippen molar-refractivity contribution in [2.24, 2.45) is 0 Å². The predicted octanol–water partition coefficient (Wildman–Crippen LogP) is 4.75. The molecule has 0 amide bonds. The molecule has 2 aliphatic rings. The minimum Gasteiger partial charge on any atom is -0.462 e. The molecule has 0 aromatic heterocycles. The van der Waals surface area contributed by atoms with Gasteiger partial charge in [-0.2, -0.15) is 0 Å². The van der Waals surface area contributed by atoms with Gasteiger partial charge in [-0.25, -0.2) is 4.79 Å². The zero-order chi connectivity index (χ0) is 21.1. The Hall–Kier alpha value is -3.14. The molecule has 4 heteroatoms. The number of carbonyl (C=O) groups is 2. The topological polar surface area (TPSA) is 55.4 Å². The third-order valence-electron chi connectivity index (χ3n) is 5.96. The third-order valence-corrected chi connectivity index (χ3v) is 5.96. The molecule has 1 heterocycles. The fourth-order valence-corrected chi connectivity index (χ4v) is 4.46. The van der Waals surface area contributed by atoms with Crippen molar-refractivity contribution in [3.8, 4) is 0 Å². The highest BCUT2D eigenvalue weighted by Gasteiger charge is 2.39. The van der Waals surface area contributed by atoms with E-state index in [1.807, 2.05) is 68.4 Å². The number of dihydropyridines is 1. The molecule has 4 rings (SSSR count). The number of hydrogen-bond acceptors (Lipinski definition) is 4. The summed E-state index contributed by atoms with van der Waals surface area (Å²) in [4.78, 5) is 26.1. The van der Waals surface area contributed by atoms with E-state index in [0.717, 1.165) is 46.5 Å². The van der Waals surface area contributed by atoms with Crippen molar-refractivity contribution in [1.82, 2.24) is 5.32 Å². The summed E-state index contributed by atoms with van der Waals surface area (Å²) in [7, 11) is 0. The highest BCUT2D eigenvalue weighted by Crippen LogP contribution is 2.43. The Labute approximate surface area is 177 Å². The summed E-state index contributed by atoms with van der Waals surface area (Å²) >= 11 is 0. The largest absolute Gasteiger partial charge is 0.462 e. The molecule has 1 atom stereocenters. The van der Waals surface area contributed by atoms with E-state index in [0.29, 0.717) is 25.0 Å². The van der Waals surface area contributed by atoms with Crippen molar-refractivity contribution >= 4 is 11.8 Å². The second kappa shape index (κ2) is 8.70. The Morgan fingerprint density at radius 1 is 1.03 bits per heavy atom. The van der Waals surface area contributed by atoms with Crippen LogP contribution in [0.15, 0.2) is 77.1 Å². The molecule has 2 aromatic rings. The summed E-state index contributed by atoms with van der Waals surface area (Å²) in [6.45, 7) is 4.24. The molecule has 154 valence electrons. The van der Waals surface area contributed by atoms with Crippen molar-refractivity contribution in [3.63, 3.8) is 0 Å². The average Bonchev–Trinajstić information content (AvgIpc) is 2.74. The number of allylic oxidation sites excluding steroid dienone is 3. The van der Waals surface area contributed by atoms with Crippen LogP contribution in [0.1, 0.15) is 48.8 Å². The van der Waals surface area contributed by atoms with Crippen molar-refractivity contribution in [1.29, 1.82) is 0 Å². The van der Waals surface area contributed by atoms with Gasteiger partial charge in [0.15, 0.2) is 5.78 Å². The first kappa shape index (κ1) is 20.1. The Balaban J connectivity index is 1.65. The van der Waals surface area contributed by atoms with Crippen LogP contribution in [-0.4, -0.2) is 18.4 Å². The van der Waals surface area contributed by atoms with Crippen LogP contribution in [0.4, 0.5) is 0 Å². The molecular weight excluding hydrogens is 374 g/mol. The van der Waals surface area contributed by atoms with E-state index in [-0.39, 0.29) is 17.7 Å². The van der Waals surface area contributed by atoms with Gasteiger partial charge in [0, 0.05) is 35.7 Å². The molecule has 0 unspecified atom stereocenters. The van der Waals surface area contributed by atoms with Gasteiger partial charge in [0.1, 0.15) is 0 Å². The molecule has 0 bridgehead atoms. The lowest BCUT2D eigenvalue weighted by molar-refractivity contribution is -0.139. The second-order valence-electron chi connectivity index (χ2n) is 7.99. The predicted molar refractivity (Wildman–Crippen MR) is 117 cm³/mol. The van der Waals surface area contributed by atoms with Gasteiger partial charge < -0.3 is 10.1 Å². The number of benzene rings is 2. The van der Waals surface area contributed by atoms with Crippen LogP contribution in [0.3, 0.4) is 0 Å².